The fraction of sp³-hybridized carbons (Fsp3) is 0.269. The third-order valence-corrected chi connectivity index (χ3v) is 6.84. The molecule has 3 heterocycles. The lowest BCUT2D eigenvalue weighted by Crippen LogP contribution is -2.32. The number of nitrogens with zero attached hydrogens (tertiary/aromatic N) is 2. The Kier molecular flexibility index (Phi) is 6.43. The van der Waals surface area contributed by atoms with E-state index in [1.165, 1.54) is 22.0 Å². The number of carbonyl (C=O) groups is 4. The molecule has 1 N–H and O–H groups in total. The van der Waals surface area contributed by atoms with Gasteiger partial charge in [0.15, 0.2) is 5.69 Å². The van der Waals surface area contributed by atoms with Crippen molar-refractivity contribution in [2.24, 2.45) is 11.8 Å². The van der Waals surface area contributed by atoms with E-state index in [1.807, 2.05) is 45.0 Å². The van der Waals surface area contributed by atoms with E-state index >= 15 is 0 Å². The van der Waals surface area contributed by atoms with Gasteiger partial charge in [0.2, 0.25) is 5.78 Å². The van der Waals surface area contributed by atoms with Gasteiger partial charge in [-0.15, -0.1) is 11.3 Å². The number of carboxylic acids is 1. The van der Waals surface area contributed by atoms with Gasteiger partial charge in [-0.25, -0.2) is 9.78 Å². The summed E-state index contributed by atoms with van der Waals surface area (Å²) >= 11 is 1.64. The fourth-order valence-electron chi connectivity index (χ4n) is 4.33. The zero-order chi connectivity index (χ0) is 24.6. The van der Waals surface area contributed by atoms with Crippen molar-refractivity contribution < 1.29 is 24.3 Å². The second-order valence-electron chi connectivity index (χ2n) is 8.73. The zero-order valence-corrected chi connectivity index (χ0v) is 19.8. The molecule has 1 aliphatic heterocycles. The van der Waals surface area contributed by atoms with Crippen molar-refractivity contribution in [2.45, 2.75) is 33.2 Å². The van der Waals surface area contributed by atoms with Crippen LogP contribution in [0.1, 0.15) is 47.2 Å². The number of aromatic nitrogens is 1. The van der Waals surface area contributed by atoms with Crippen LogP contribution in [0, 0.1) is 18.8 Å². The van der Waals surface area contributed by atoms with Gasteiger partial charge in [0.05, 0.1) is 6.04 Å². The lowest BCUT2D eigenvalue weighted by atomic mass is 9.85. The number of Topliss-reactive ketones (excluding diaryl/α,β-unsaturated/α-hetero) is 2. The summed E-state index contributed by atoms with van der Waals surface area (Å²) in [4.78, 5) is 58.8. The Morgan fingerprint density at radius 3 is 2.38 bits per heavy atom. The number of carboxylic acid groups (broad SMARTS) is 1. The summed E-state index contributed by atoms with van der Waals surface area (Å²) in [5.41, 5.74) is 1.25. The van der Waals surface area contributed by atoms with Gasteiger partial charge in [-0.05, 0) is 48.7 Å². The number of hydrogen-bond acceptors (Lipinski definition) is 6. The molecule has 0 spiro atoms. The Labute approximate surface area is 201 Å². The number of rotatable bonds is 7. The summed E-state index contributed by atoms with van der Waals surface area (Å²) in [6, 6.07) is 13.1. The highest BCUT2D eigenvalue weighted by Crippen LogP contribution is 2.42. The quantitative estimate of drug-likeness (QED) is 0.391. The number of amides is 1. The van der Waals surface area contributed by atoms with Gasteiger partial charge in [-0.2, -0.15) is 0 Å². The van der Waals surface area contributed by atoms with E-state index < -0.39 is 29.6 Å². The van der Waals surface area contributed by atoms with E-state index in [1.54, 1.807) is 29.5 Å². The molecule has 34 heavy (non-hydrogen) atoms. The second-order valence-corrected chi connectivity index (χ2v) is 10.0. The number of aromatic carboxylic acids is 1. The first-order valence-electron chi connectivity index (χ1n) is 10.9. The van der Waals surface area contributed by atoms with Gasteiger partial charge in [0.1, 0.15) is 11.7 Å². The van der Waals surface area contributed by atoms with E-state index in [2.05, 4.69) is 4.98 Å². The van der Waals surface area contributed by atoms with Crippen molar-refractivity contribution in [1.29, 1.82) is 0 Å². The van der Waals surface area contributed by atoms with Crippen LogP contribution in [0.3, 0.4) is 0 Å². The van der Waals surface area contributed by atoms with Crippen molar-refractivity contribution in [3.8, 4) is 10.4 Å². The average molecular weight is 477 g/mol. The molecule has 1 aliphatic rings. The van der Waals surface area contributed by atoms with Crippen molar-refractivity contribution in [3.05, 3.63) is 70.9 Å². The summed E-state index contributed by atoms with van der Waals surface area (Å²) in [7, 11) is 0. The molecule has 4 rings (SSSR count). The highest BCUT2D eigenvalue weighted by Gasteiger charge is 2.53. The Balaban J connectivity index is 1.83. The molecule has 0 aliphatic carbocycles. The smallest absolute Gasteiger partial charge is 0.354 e. The zero-order valence-electron chi connectivity index (χ0n) is 19.0. The van der Waals surface area contributed by atoms with Gasteiger partial charge in [-0.3, -0.25) is 19.3 Å². The summed E-state index contributed by atoms with van der Waals surface area (Å²) in [6.45, 7) is 5.72. The fourth-order valence-corrected chi connectivity index (χ4v) is 5.20. The Morgan fingerprint density at radius 2 is 1.79 bits per heavy atom. The van der Waals surface area contributed by atoms with Gasteiger partial charge in [0, 0.05) is 33.6 Å². The van der Waals surface area contributed by atoms with Crippen LogP contribution in [0.4, 0.5) is 5.69 Å². The minimum atomic E-state index is -1.29. The van der Waals surface area contributed by atoms with Crippen LogP contribution < -0.4 is 4.90 Å². The molecule has 0 radical (unpaired) electrons. The Hall–Kier alpha value is -3.65. The van der Waals surface area contributed by atoms with Crippen LogP contribution in [0.25, 0.3) is 10.4 Å². The number of pyridine rings is 1. The minimum absolute atomic E-state index is 0.0218. The number of thiophene rings is 1. The number of ketones is 2. The van der Waals surface area contributed by atoms with Crippen LogP contribution in [-0.4, -0.2) is 33.5 Å². The third-order valence-electron chi connectivity index (χ3n) is 5.79. The van der Waals surface area contributed by atoms with Crippen LogP contribution in [0.2, 0.25) is 0 Å². The molecular formula is C26H24N2O5S. The maximum absolute atomic E-state index is 13.2. The molecule has 3 aromatic rings. The molecule has 2 unspecified atom stereocenters. The van der Waals surface area contributed by atoms with E-state index in [4.69, 9.17) is 0 Å². The highest BCUT2D eigenvalue weighted by molar-refractivity contribution is 7.15. The van der Waals surface area contributed by atoms with Gasteiger partial charge < -0.3 is 5.11 Å². The Morgan fingerprint density at radius 1 is 1.09 bits per heavy atom. The monoisotopic (exact) mass is 476 g/mol. The molecule has 1 aromatic carbocycles. The second kappa shape index (κ2) is 9.30. The molecule has 7 nitrogen and oxygen atoms in total. The predicted molar refractivity (Wildman–Crippen MR) is 129 cm³/mol. The molecule has 1 saturated heterocycles. The van der Waals surface area contributed by atoms with Crippen molar-refractivity contribution in [2.75, 3.05) is 4.90 Å². The SMILES string of the molecule is Cc1ccc(-c2ccc(N3C(=O)C(=O)C(C(=O)CC(C)C)C3c3cccnc3C(=O)O)cc2)s1. The number of carbonyl (C=O) groups excluding carboxylic acids is 3. The number of benzene rings is 1. The van der Waals surface area contributed by atoms with E-state index in [9.17, 15) is 24.3 Å². The maximum Gasteiger partial charge on any atom is 0.354 e. The molecule has 1 amide bonds. The topological polar surface area (TPSA) is 105 Å². The van der Waals surface area contributed by atoms with E-state index in [0.29, 0.717) is 5.69 Å². The average Bonchev–Trinajstić information content (AvgIpc) is 3.34. The molecule has 2 atom stereocenters. The summed E-state index contributed by atoms with van der Waals surface area (Å²) in [6.07, 6.45) is 1.44. The van der Waals surface area contributed by atoms with Crippen LogP contribution in [-0.2, 0) is 14.4 Å². The van der Waals surface area contributed by atoms with Crippen LogP contribution >= 0.6 is 11.3 Å². The van der Waals surface area contributed by atoms with Gasteiger partial charge in [-0.1, -0.05) is 32.0 Å². The van der Waals surface area contributed by atoms with E-state index in [-0.39, 0.29) is 29.4 Å². The normalized spacial score (nSPS) is 18.1. The highest BCUT2D eigenvalue weighted by atomic mass is 32.1. The lowest BCUT2D eigenvalue weighted by molar-refractivity contribution is -0.139. The van der Waals surface area contributed by atoms with Crippen molar-refractivity contribution >= 4 is 40.5 Å². The van der Waals surface area contributed by atoms with Crippen molar-refractivity contribution in [1.82, 2.24) is 4.98 Å². The summed E-state index contributed by atoms with van der Waals surface area (Å²) in [5, 5.41) is 9.71. The third kappa shape index (κ3) is 4.28. The standard InChI is InChI=1S/C26H24N2O5S/c1-14(2)13-19(29)21-23(18-5-4-12-27-22(18)26(32)33)28(25(31)24(21)30)17-9-7-16(8-10-17)20-11-6-15(3)34-20/h4-12,14,21,23H,13H2,1-3H3,(H,32,33). The molecule has 174 valence electrons. The number of hydrogen-bond donors (Lipinski definition) is 1. The van der Waals surface area contributed by atoms with Crippen LogP contribution in [0.5, 0.6) is 0 Å². The molecule has 2 aromatic heterocycles. The largest absolute Gasteiger partial charge is 0.477 e. The van der Waals surface area contributed by atoms with Gasteiger partial charge >= 0.3 is 5.97 Å². The minimum Gasteiger partial charge on any atom is -0.477 e. The maximum atomic E-state index is 13.2. The van der Waals surface area contributed by atoms with Crippen molar-refractivity contribution in [3.63, 3.8) is 0 Å². The van der Waals surface area contributed by atoms with Gasteiger partial charge in [0.25, 0.3) is 5.91 Å². The lowest BCUT2D eigenvalue weighted by Gasteiger charge is -2.28. The first-order chi connectivity index (χ1) is 16.2. The molecule has 0 saturated carbocycles. The molecular weight excluding hydrogens is 452 g/mol. The summed E-state index contributed by atoms with van der Waals surface area (Å²) < 4.78 is 0. The number of anilines is 1. The molecule has 8 heteroatoms. The predicted octanol–water partition coefficient (Wildman–Crippen LogP) is 4.71. The first kappa shape index (κ1) is 23.5. The van der Waals surface area contributed by atoms with Crippen LogP contribution in [0.15, 0.2) is 54.7 Å². The molecule has 0 bridgehead atoms. The molecule has 1 fully saturated rings. The van der Waals surface area contributed by atoms with E-state index in [0.717, 1.165) is 10.4 Å². The Bertz CT molecular complexity index is 1280. The summed E-state index contributed by atoms with van der Waals surface area (Å²) in [5.74, 6) is -4.64. The first-order valence-corrected chi connectivity index (χ1v) is 11.8. The number of aryl methyl sites for hydroxylation is 1.